The summed E-state index contributed by atoms with van der Waals surface area (Å²) in [6, 6.07) is 8.24. The third kappa shape index (κ3) is 4.03. The van der Waals surface area contributed by atoms with Gasteiger partial charge in [-0.1, -0.05) is 30.5 Å². The highest BCUT2D eigenvalue weighted by Gasteiger charge is 2.43. The van der Waals surface area contributed by atoms with Crippen LogP contribution < -0.4 is 0 Å². The van der Waals surface area contributed by atoms with Crippen LogP contribution in [0.3, 0.4) is 0 Å². The van der Waals surface area contributed by atoms with Crippen molar-refractivity contribution in [3.05, 3.63) is 29.8 Å². The lowest BCUT2D eigenvalue weighted by molar-refractivity contribution is -0.138. The summed E-state index contributed by atoms with van der Waals surface area (Å²) in [5.74, 6) is -0.803. The van der Waals surface area contributed by atoms with Crippen molar-refractivity contribution in [2.75, 3.05) is 13.6 Å². The van der Waals surface area contributed by atoms with Gasteiger partial charge in [-0.05, 0) is 31.9 Å². The van der Waals surface area contributed by atoms with Crippen molar-refractivity contribution in [3.63, 3.8) is 0 Å². The van der Waals surface area contributed by atoms with E-state index in [1.807, 2.05) is 6.92 Å². The van der Waals surface area contributed by atoms with E-state index < -0.39 is 10.7 Å². The van der Waals surface area contributed by atoms with E-state index in [9.17, 15) is 9.59 Å². The maximum Gasteiger partial charge on any atom is 0.305 e. The van der Waals surface area contributed by atoms with E-state index in [4.69, 9.17) is 5.11 Å². The predicted octanol–water partition coefficient (Wildman–Crippen LogP) is 3.33. The van der Waals surface area contributed by atoms with Crippen LogP contribution in [0, 0.1) is 6.92 Å². The van der Waals surface area contributed by atoms with Crippen LogP contribution >= 0.6 is 11.8 Å². The number of rotatable bonds is 6. The first-order chi connectivity index (χ1) is 10.4. The lowest BCUT2D eigenvalue weighted by atomic mass is 10.1. The molecular weight excluding hydrogens is 298 g/mol. The highest BCUT2D eigenvalue weighted by atomic mass is 32.2. The van der Waals surface area contributed by atoms with E-state index in [0.29, 0.717) is 0 Å². The molecule has 4 nitrogen and oxygen atoms in total. The molecule has 0 spiro atoms. The Morgan fingerprint density at radius 2 is 1.82 bits per heavy atom. The van der Waals surface area contributed by atoms with Gasteiger partial charge in [0.15, 0.2) is 0 Å². The molecule has 0 radical (unpaired) electrons. The highest BCUT2D eigenvalue weighted by molar-refractivity contribution is 8.01. The molecule has 2 rings (SSSR count). The topological polar surface area (TPSA) is 57.6 Å². The van der Waals surface area contributed by atoms with Crippen molar-refractivity contribution < 1.29 is 14.7 Å². The molecule has 0 bridgehead atoms. The Balaban J connectivity index is 2.11. The predicted molar refractivity (Wildman–Crippen MR) is 88.1 cm³/mol. The van der Waals surface area contributed by atoms with E-state index in [1.165, 1.54) is 5.56 Å². The molecule has 0 heterocycles. The smallest absolute Gasteiger partial charge is 0.305 e. The van der Waals surface area contributed by atoms with Crippen molar-refractivity contribution in [3.8, 4) is 0 Å². The van der Waals surface area contributed by atoms with Crippen LogP contribution in [0.1, 0.15) is 37.7 Å². The van der Waals surface area contributed by atoms with Crippen LogP contribution in [0.25, 0.3) is 0 Å². The summed E-state index contributed by atoms with van der Waals surface area (Å²) in [7, 11) is 1.71. The standard InChI is InChI=1S/C17H23NO3S/c1-13-5-7-14(8-6-13)22-17(10-3-4-11-17)16(21)18(2)12-9-15(19)20/h5-8H,3-4,9-12H2,1-2H3,(H,19,20). The number of thioether (sulfide) groups is 1. The Morgan fingerprint density at radius 1 is 1.23 bits per heavy atom. The Morgan fingerprint density at radius 3 is 2.36 bits per heavy atom. The second-order valence-corrected chi connectivity index (χ2v) is 7.44. The van der Waals surface area contributed by atoms with Crippen molar-refractivity contribution in [1.29, 1.82) is 0 Å². The van der Waals surface area contributed by atoms with Crippen LogP contribution in [0.4, 0.5) is 0 Å². The molecule has 1 N–H and O–H groups in total. The fourth-order valence-corrected chi connectivity index (χ4v) is 4.31. The highest BCUT2D eigenvalue weighted by Crippen LogP contribution is 2.46. The number of aryl methyl sites for hydroxylation is 1. The molecule has 1 amide bonds. The fourth-order valence-electron chi connectivity index (χ4n) is 2.85. The number of carboxylic acids is 1. The normalized spacial score (nSPS) is 16.5. The third-order valence-electron chi connectivity index (χ3n) is 4.14. The molecular formula is C17H23NO3S. The number of carboxylic acid groups (broad SMARTS) is 1. The maximum absolute atomic E-state index is 12.9. The quantitative estimate of drug-likeness (QED) is 0.873. The van der Waals surface area contributed by atoms with Gasteiger partial charge in [0.1, 0.15) is 0 Å². The zero-order valence-electron chi connectivity index (χ0n) is 13.2. The lowest BCUT2D eigenvalue weighted by Gasteiger charge is -2.31. The number of carbonyl (C=O) groups excluding carboxylic acids is 1. The summed E-state index contributed by atoms with van der Waals surface area (Å²) in [6.07, 6.45) is 3.83. The zero-order valence-corrected chi connectivity index (χ0v) is 14.0. The van der Waals surface area contributed by atoms with E-state index in [2.05, 4.69) is 24.3 Å². The van der Waals surface area contributed by atoms with Gasteiger partial charge in [0, 0.05) is 18.5 Å². The molecule has 1 aliphatic carbocycles. The third-order valence-corrected chi connectivity index (χ3v) is 5.62. The minimum atomic E-state index is -0.869. The van der Waals surface area contributed by atoms with Crippen LogP contribution in [-0.4, -0.2) is 40.2 Å². The second-order valence-electron chi connectivity index (χ2n) is 5.99. The van der Waals surface area contributed by atoms with Crippen molar-refractivity contribution >= 4 is 23.6 Å². The van der Waals surface area contributed by atoms with Gasteiger partial charge < -0.3 is 10.0 Å². The molecule has 0 aliphatic heterocycles. The van der Waals surface area contributed by atoms with E-state index in [1.54, 1.807) is 23.7 Å². The summed E-state index contributed by atoms with van der Waals surface area (Å²) >= 11 is 1.64. The van der Waals surface area contributed by atoms with Gasteiger partial charge in [-0.3, -0.25) is 9.59 Å². The Labute approximate surface area is 135 Å². The molecule has 22 heavy (non-hydrogen) atoms. The monoisotopic (exact) mass is 321 g/mol. The lowest BCUT2D eigenvalue weighted by Crippen LogP contribution is -2.44. The molecule has 1 aromatic rings. The van der Waals surface area contributed by atoms with Crippen LogP contribution in [0.2, 0.25) is 0 Å². The molecule has 1 aromatic carbocycles. The number of carbonyl (C=O) groups is 2. The minimum Gasteiger partial charge on any atom is -0.481 e. The Kier molecular flexibility index (Phi) is 5.51. The molecule has 1 fully saturated rings. The van der Waals surface area contributed by atoms with Crippen LogP contribution in [-0.2, 0) is 9.59 Å². The molecule has 0 unspecified atom stereocenters. The van der Waals surface area contributed by atoms with Gasteiger partial charge >= 0.3 is 5.97 Å². The zero-order chi connectivity index (χ0) is 16.2. The molecule has 0 aromatic heterocycles. The summed E-state index contributed by atoms with van der Waals surface area (Å²) in [4.78, 5) is 26.3. The summed E-state index contributed by atoms with van der Waals surface area (Å²) in [5, 5.41) is 8.79. The fraction of sp³-hybridized carbons (Fsp3) is 0.529. The van der Waals surface area contributed by atoms with Crippen molar-refractivity contribution in [1.82, 2.24) is 4.90 Å². The summed E-state index contributed by atoms with van der Waals surface area (Å²) in [5.41, 5.74) is 1.20. The van der Waals surface area contributed by atoms with Gasteiger partial charge in [-0.2, -0.15) is 0 Å². The Hall–Kier alpha value is -1.49. The van der Waals surface area contributed by atoms with Gasteiger partial charge in [0.25, 0.3) is 0 Å². The van der Waals surface area contributed by atoms with Crippen LogP contribution in [0.15, 0.2) is 29.2 Å². The molecule has 1 saturated carbocycles. The molecule has 1 aliphatic rings. The second kappa shape index (κ2) is 7.18. The molecule has 0 atom stereocenters. The van der Waals surface area contributed by atoms with Gasteiger partial charge in [0.2, 0.25) is 5.91 Å². The average Bonchev–Trinajstić information content (AvgIpc) is 2.96. The Bertz CT molecular complexity index is 535. The number of nitrogens with zero attached hydrogens (tertiary/aromatic N) is 1. The van der Waals surface area contributed by atoms with Gasteiger partial charge in [0.05, 0.1) is 11.2 Å². The van der Waals surface area contributed by atoms with E-state index in [0.717, 1.165) is 30.6 Å². The van der Waals surface area contributed by atoms with E-state index in [-0.39, 0.29) is 18.9 Å². The minimum absolute atomic E-state index is 0.00643. The molecule has 5 heteroatoms. The van der Waals surface area contributed by atoms with Crippen LogP contribution in [0.5, 0.6) is 0 Å². The first-order valence-corrected chi connectivity index (χ1v) is 8.48. The summed E-state index contributed by atoms with van der Waals surface area (Å²) < 4.78 is -0.428. The number of benzene rings is 1. The number of hydrogen-bond acceptors (Lipinski definition) is 3. The molecule has 0 saturated heterocycles. The van der Waals surface area contributed by atoms with Gasteiger partial charge in [-0.25, -0.2) is 0 Å². The largest absolute Gasteiger partial charge is 0.481 e. The first kappa shape index (κ1) is 16.9. The SMILES string of the molecule is Cc1ccc(SC2(C(=O)N(C)CCC(=O)O)CCCC2)cc1. The number of aliphatic carboxylic acids is 1. The average molecular weight is 321 g/mol. The molecule has 120 valence electrons. The number of amides is 1. The summed E-state index contributed by atoms with van der Waals surface area (Å²) in [6.45, 7) is 2.31. The maximum atomic E-state index is 12.9. The van der Waals surface area contributed by atoms with Gasteiger partial charge in [-0.15, -0.1) is 11.8 Å². The van der Waals surface area contributed by atoms with E-state index >= 15 is 0 Å². The number of hydrogen-bond donors (Lipinski definition) is 1. The van der Waals surface area contributed by atoms with Crippen molar-refractivity contribution in [2.24, 2.45) is 0 Å². The first-order valence-electron chi connectivity index (χ1n) is 7.66. The van der Waals surface area contributed by atoms with Crippen molar-refractivity contribution in [2.45, 2.75) is 48.7 Å².